The first-order chi connectivity index (χ1) is 9.33. The molecule has 1 atom stereocenters. The smallest absolute Gasteiger partial charge is 0.243 e. The van der Waals surface area contributed by atoms with Crippen LogP contribution in [0.4, 0.5) is 8.78 Å². The summed E-state index contributed by atoms with van der Waals surface area (Å²) in [6.45, 7) is 1.66. The minimum absolute atomic E-state index is 0.0582. The Morgan fingerprint density at radius 3 is 2.60 bits per heavy atom. The summed E-state index contributed by atoms with van der Waals surface area (Å²) in [5.74, 6) is -2.04. The summed E-state index contributed by atoms with van der Waals surface area (Å²) in [6.07, 6.45) is 2.90. The van der Waals surface area contributed by atoms with Gasteiger partial charge in [0.25, 0.3) is 0 Å². The summed E-state index contributed by atoms with van der Waals surface area (Å²) >= 11 is 0. The van der Waals surface area contributed by atoms with E-state index in [1.54, 1.807) is 6.92 Å². The van der Waals surface area contributed by atoms with Crippen LogP contribution >= 0.6 is 0 Å². The normalized spacial score (nSPS) is 17.2. The highest BCUT2D eigenvalue weighted by Gasteiger charge is 2.28. The van der Waals surface area contributed by atoms with Crippen LogP contribution in [0.1, 0.15) is 31.7 Å². The molecule has 0 bridgehead atoms. The molecule has 7 heteroatoms. The van der Waals surface area contributed by atoms with Gasteiger partial charge in [0, 0.05) is 12.6 Å². The lowest BCUT2D eigenvalue weighted by Gasteiger charge is -2.15. The summed E-state index contributed by atoms with van der Waals surface area (Å²) in [7, 11) is -4.08. The van der Waals surface area contributed by atoms with E-state index < -0.39 is 26.6 Å². The molecule has 1 aromatic rings. The Kier molecular flexibility index (Phi) is 4.41. The van der Waals surface area contributed by atoms with E-state index in [-0.39, 0.29) is 18.2 Å². The molecule has 0 saturated heterocycles. The van der Waals surface area contributed by atoms with E-state index in [2.05, 4.69) is 4.72 Å². The second-order valence-corrected chi connectivity index (χ2v) is 6.98. The van der Waals surface area contributed by atoms with Crippen molar-refractivity contribution in [1.29, 1.82) is 0 Å². The number of hydrogen-bond donors (Lipinski definition) is 2. The van der Waals surface area contributed by atoms with Gasteiger partial charge in [-0.15, -0.1) is 0 Å². The first-order valence-electron chi connectivity index (χ1n) is 6.54. The number of nitrogens with two attached hydrogens (primary N) is 1. The number of hydrogen-bond acceptors (Lipinski definition) is 3. The largest absolute Gasteiger partial charge is 0.326 e. The first kappa shape index (κ1) is 15.3. The zero-order valence-corrected chi connectivity index (χ0v) is 12.0. The van der Waals surface area contributed by atoms with Gasteiger partial charge in [0.1, 0.15) is 4.90 Å². The van der Waals surface area contributed by atoms with Crippen molar-refractivity contribution in [2.45, 2.75) is 43.7 Å². The molecular weight excluding hydrogens is 286 g/mol. The van der Waals surface area contributed by atoms with Gasteiger partial charge < -0.3 is 5.73 Å². The van der Waals surface area contributed by atoms with E-state index in [1.165, 1.54) is 0 Å². The van der Waals surface area contributed by atoms with Crippen LogP contribution in [0.5, 0.6) is 0 Å². The fourth-order valence-electron chi connectivity index (χ4n) is 2.16. The van der Waals surface area contributed by atoms with E-state index in [0.29, 0.717) is 12.3 Å². The monoisotopic (exact) mass is 304 g/mol. The average Bonchev–Trinajstić information content (AvgIpc) is 3.15. The second kappa shape index (κ2) is 5.75. The summed E-state index contributed by atoms with van der Waals surface area (Å²) in [4.78, 5) is -0.680. The van der Waals surface area contributed by atoms with Crippen LogP contribution < -0.4 is 10.5 Å². The molecule has 0 spiro atoms. The number of rotatable bonds is 6. The second-order valence-electron chi connectivity index (χ2n) is 5.30. The van der Waals surface area contributed by atoms with Gasteiger partial charge >= 0.3 is 0 Å². The molecule has 2 rings (SSSR count). The van der Waals surface area contributed by atoms with Crippen molar-refractivity contribution in [3.63, 3.8) is 0 Å². The van der Waals surface area contributed by atoms with Crippen molar-refractivity contribution in [2.75, 3.05) is 0 Å². The predicted molar refractivity (Wildman–Crippen MR) is 71.4 cm³/mol. The molecule has 0 aromatic heterocycles. The molecule has 1 aliphatic carbocycles. The highest BCUT2D eigenvalue weighted by atomic mass is 32.2. The molecule has 4 nitrogen and oxygen atoms in total. The molecule has 20 heavy (non-hydrogen) atoms. The summed E-state index contributed by atoms with van der Waals surface area (Å²) in [5.41, 5.74) is 5.59. The molecule has 1 aromatic carbocycles. The zero-order chi connectivity index (χ0) is 14.9. The highest BCUT2D eigenvalue weighted by molar-refractivity contribution is 7.89. The SMILES string of the molecule is CC(CC1CC1)NS(=O)(=O)c1cc(CN)cc(F)c1F. The standard InChI is InChI=1S/C13H18F2N2O2S/c1-8(4-9-2-3-9)17-20(18,19)12-6-10(7-16)5-11(14)13(12)15/h5-6,8-9,17H,2-4,7,16H2,1H3. The number of nitrogens with one attached hydrogen (secondary N) is 1. The minimum atomic E-state index is -4.08. The molecule has 0 aliphatic heterocycles. The predicted octanol–water partition coefficient (Wildman–Crippen LogP) is 1.89. The van der Waals surface area contributed by atoms with Gasteiger partial charge in [-0.05, 0) is 37.0 Å². The Bertz CT molecular complexity index is 601. The van der Waals surface area contributed by atoms with Crippen molar-refractivity contribution in [1.82, 2.24) is 4.72 Å². The maximum absolute atomic E-state index is 13.7. The van der Waals surface area contributed by atoms with E-state index in [0.717, 1.165) is 25.0 Å². The maximum atomic E-state index is 13.7. The third-order valence-electron chi connectivity index (χ3n) is 3.32. The van der Waals surface area contributed by atoms with Gasteiger partial charge in [-0.2, -0.15) is 0 Å². The molecule has 1 unspecified atom stereocenters. The molecule has 0 amide bonds. The third kappa shape index (κ3) is 3.53. The quantitative estimate of drug-likeness (QED) is 0.843. The van der Waals surface area contributed by atoms with Gasteiger partial charge in [-0.25, -0.2) is 21.9 Å². The van der Waals surface area contributed by atoms with Crippen LogP contribution in [0, 0.1) is 17.6 Å². The Morgan fingerprint density at radius 2 is 2.05 bits per heavy atom. The summed E-state index contributed by atoms with van der Waals surface area (Å²) in [6, 6.07) is 1.67. The molecule has 112 valence electrons. The fourth-order valence-corrected chi connectivity index (χ4v) is 3.55. The van der Waals surface area contributed by atoms with Gasteiger partial charge in [-0.3, -0.25) is 0 Å². The molecule has 1 aliphatic rings. The van der Waals surface area contributed by atoms with Crippen LogP contribution in [0.15, 0.2) is 17.0 Å². The van der Waals surface area contributed by atoms with E-state index in [4.69, 9.17) is 5.73 Å². The van der Waals surface area contributed by atoms with Crippen LogP contribution in [0.25, 0.3) is 0 Å². The minimum Gasteiger partial charge on any atom is -0.326 e. The average molecular weight is 304 g/mol. The van der Waals surface area contributed by atoms with Crippen molar-refractivity contribution in [3.05, 3.63) is 29.3 Å². The Morgan fingerprint density at radius 1 is 1.40 bits per heavy atom. The van der Waals surface area contributed by atoms with Crippen molar-refractivity contribution >= 4 is 10.0 Å². The lowest BCUT2D eigenvalue weighted by atomic mass is 10.2. The van der Waals surface area contributed by atoms with Gasteiger partial charge in [0.05, 0.1) is 0 Å². The lowest BCUT2D eigenvalue weighted by Crippen LogP contribution is -2.33. The van der Waals surface area contributed by atoms with Gasteiger partial charge in [-0.1, -0.05) is 12.8 Å². The third-order valence-corrected chi connectivity index (χ3v) is 4.91. The van der Waals surface area contributed by atoms with Gasteiger partial charge in [0.15, 0.2) is 11.6 Å². The fraction of sp³-hybridized carbons (Fsp3) is 0.538. The topological polar surface area (TPSA) is 72.2 Å². The van der Waals surface area contributed by atoms with E-state index >= 15 is 0 Å². The first-order valence-corrected chi connectivity index (χ1v) is 8.02. The number of benzene rings is 1. The molecule has 1 fully saturated rings. The van der Waals surface area contributed by atoms with Crippen LogP contribution in [-0.2, 0) is 16.6 Å². The number of sulfonamides is 1. The van der Waals surface area contributed by atoms with Crippen molar-refractivity contribution in [3.8, 4) is 0 Å². The van der Waals surface area contributed by atoms with Crippen LogP contribution in [0.3, 0.4) is 0 Å². The summed E-state index contributed by atoms with van der Waals surface area (Å²) < 4.78 is 53.7. The lowest BCUT2D eigenvalue weighted by molar-refractivity contribution is 0.477. The maximum Gasteiger partial charge on any atom is 0.243 e. The Hall–Kier alpha value is -1.05. The van der Waals surface area contributed by atoms with Crippen LogP contribution in [0.2, 0.25) is 0 Å². The van der Waals surface area contributed by atoms with Crippen LogP contribution in [-0.4, -0.2) is 14.5 Å². The Labute approximate surface area is 117 Å². The molecule has 1 saturated carbocycles. The molecule has 0 radical (unpaired) electrons. The van der Waals surface area contributed by atoms with Crippen molar-refractivity contribution in [2.24, 2.45) is 11.7 Å². The van der Waals surface area contributed by atoms with Crippen molar-refractivity contribution < 1.29 is 17.2 Å². The van der Waals surface area contributed by atoms with Gasteiger partial charge in [0.2, 0.25) is 10.0 Å². The van der Waals surface area contributed by atoms with E-state index in [1.807, 2.05) is 0 Å². The summed E-state index contributed by atoms with van der Waals surface area (Å²) in [5, 5.41) is 0. The zero-order valence-electron chi connectivity index (χ0n) is 11.2. The van der Waals surface area contributed by atoms with E-state index in [9.17, 15) is 17.2 Å². The molecule has 0 heterocycles. The number of halogens is 2. The Balaban J connectivity index is 2.25. The molecular formula is C13H18F2N2O2S. The molecule has 3 N–H and O–H groups in total. The highest BCUT2D eigenvalue weighted by Crippen LogP contribution is 2.33.